The van der Waals surface area contributed by atoms with Crippen LogP contribution in [0.15, 0.2) is 30.3 Å². The molecule has 0 fully saturated rings. The number of hydrogen-bond donors (Lipinski definition) is 2. The summed E-state index contributed by atoms with van der Waals surface area (Å²) in [5.41, 5.74) is 0.837. The Hall–Kier alpha value is -1.60. The second-order valence-corrected chi connectivity index (χ2v) is 5.94. The van der Waals surface area contributed by atoms with Gasteiger partial charge in [-0.3, -0.25) is 4.55 Å². The Morgan fingerprint density at radius 1 is 1.35 bits per heavy atom. The van der Waals surface area contributed by atoms with Gasteiger partial charge in [-0.25, -0.2) is 4.79 Å². The lowest BCUT2D eigenvalue weighted by atomic mass is 10.2. The number of nitrogens with one attached hydrogen (secondary N) is 1. The van der Waals surface area contributed by atoms with Crippen molar-refractivity contribution in [2.75, 3.05) is 5.75 Å². The average molecular weight is 301 g/mol. The summed E-state index contributed by atoms with van der Waals surface area (Å²) in [6, 6.07) is 8.49. The lowest BCUT2D eigenvalue weighted by Gasteiger charge is -2.16. The number of carbonyl (C=O) groups is 1. The number of carbonyl (C=O) groups excluding carboxylic acids is 1. The monoisotopic (exact) mass is 301 g/mol. The SMILES string of the molecule is CCCC(CS(=O)(=O)O)NC(=O)OCc1ccccc1. The van der Waals surface area contributed by atoms with Gasteiger partial charge in [-0.1, -0.05) is 43.7 Å². The van der Waals surface area contributed by atoms with Gasteiger partial charge >= 0.3 is 6.09 Å². The Balaban J connectivity index is 2.45. The van der Waals surface area contributed by atoms with Crippen molar-refractivity contribution in [2.45, 2.75) is 32.4 Å². The molecular weight excluding hydrogens is 282 g/mol. The van der Waals surface area contributed by atoms with Crippen LogP contribution in [0.25, 0.3) is 0 Å². The van der Waals surface area contributed by atoms with Crippen molar-refractivity contribution in [3.8, 4) is 0 Å². The first kappa shape index (κ1) is 16.5. The molecule has 0 aliphatic heterocycles. The lowest BCUT2D eigenvalue weighted by Crippen LogP contribution is -2.39. The molecule has 1 rings (SSSR count). The molecule has 0 aliphatic carbocycles. The molecule has 1 aromatic rings. The second-order valence-electron chi connectivity index (χ2n) is 4.44. The van der Waals surface area contributed by atoms with Crippen molar-refractivity contribution in [1.29, 1.82) is 0 Å². The minimum Gasteiger partial charge on any atom is -0.445 e. The lowest BCUT2D eigenvalue weighted by molar-refractivity contribution is 0.136. The van der Waals surface area contributed by atoms with E-state index in [0.717, 1.165) is 5.56 Å². The predicted molar refractivity (Wildman–Crippen MR) is 74.9 cm³/mol. The Kier molecular flexibility index (Phi) is 6.47. The maximum atomic E-state index is 11.6. The van der Waals surface area contributed by atoms with Crippen molar-refractivity contribution in [1.82, 2.24) is 5.32 Å². The van der Waals surface area contributed by atoms with Crippen LogP contribution < -0.4 is 5.32 Å². The van der Waals surface area contributed by atoms with Crippen LogP contribution in [0.1, 0.15) is 25.3 Å². The number of amides is 1. The third kappa shape index (κ3) is 7.10. The zero-order valence-electron chi connectivity index (χ0n) is 11.3. The van der Waals surface area contributed by atoms with Crippen molar-refractivity contribution in [3.63, 3.8) is 0 Å². The van der Waals surface area contributed by atoms with E-state index in [0.29, 0.717) is 12.8 Å². The molecule has 6 nitrogen and oxygen atoms in total. The number of benzene rings is 1. The van der Waals surface area contributed by atoms with Gasteiger partial charge in [-0.05, 0) is 12.0 Å². The Labute approximate surface area is 118 Å². The molecule has 0 saturated heterocycles. The number of alkyl carbamates (subject to hydrolysis) is 1. The molecule has 0 saturated carbocycles. The largest absolute Gasteiger partial charge is 0.445 e. The van der Waals surface area contributed by atoms with Crippen LogP contribution in [-0.2, 0) is 21.5 Å². The number of rotatable bonds is 7. The molecule has 0 bridgehead atoms. The Bertz CT molecular complexity index is 515. The first-order valence-corrected chi connectivity index (χ1v) is 7.94. The van der Waals surface area contributed by atoms with Gasteiger partial charge in [0, 0.05) is 6.04 Å². The van der Waals surface area contributed by atoms with Gasteiger partial charge in [0.2, 0.25) is 0 Å². The smallest absolute Gasteiger partial charge is 0.407 e. The van der Waals surface area contributed by atoms with Crippen LogP contribution in [0.2, 0.25) is 0 Å². The van der Waals surface area contributed by atoms with Crippen molar-refractivity contribution >= 4 is 16.2 Å². The molecule has 1 atom stereocenters. The summed E-state index contributed by atoms with van der Waals surface area (Å²) in [6.45, 7) is 1.96. The fourth-order valence-corrected chi connectivity index (χ4v) is 2.49. The van der Waals surface area contributed by atoms with E-state index in [1.165, 1.54) is 0 Å². The highest BCUT2D eigenvalue weighted by atomic mass is 32.2. The van der Waals surface area contributed by atoms with Crippen molar-refractivity contribution < 1.29 is 22.5 Å². The molecule has 1 amide bonds. The van der Waals surface area contributed by atoms with Gasteiger partial charge in [-0.15, -0.1) is 0 Å². The van der Waals surface area contributed by atoms with E-state index in [9.17, 15) is 13.2 Å². The summed E-state index contributed by atoms with van der Waals surface area (Å²) in [5, 5.41) is 2.44. The van der Waals surface area contributed by atoms with Gasteiger partial charge in [0.1, 0.15) is 6.61 Å². The highest BCUT2D eigenvalue weighted by Crippen LogP contribution is 2.03. The van der Waals surface area contributed by atoms with E-state index >= 15 is 0 Å². The Morgan fingerprint density at radius 3 is 2.55 bits per heavy atom. The molecule has 0 radical (unpaired) electrons. The van der Waals surface area contributed by atoms with Crippen LogP contribution in [0, 0.1) is 0 Å². The predicted octanol–water partition coefficient (Wildman–Crippen LogP) is 1.97. The summed E-state index contributed by atoms with van der Waals surface area (Å²) in [5.74, 6) is -0.513. The summed E-state index contributed by atoms with van der Waals surface area (Å²) in [6.07, 6.45) is 0.426. The fraction of sp³-hybridized carbons (Fsp3) is 0.462. The van der Waals surface area contributed by atoms with E-state index in [1.54, 1.807) is 0 Å². The summed E-state index contributed by atoms with van der Waals surface area (Å²) in [7, 11) is -4.13. The van der Waals surface area contributed by atoms with E-state index < -0.39 is 28.0 Å². The van der Waals surface area contributed by atoms with Gasteiger partial charge < -0.3 is 10.1 Å². The second kappa shape index (κ2) is 7.86. The minimum absolute atomic E-state index is 0.109. The molecular formula is C13H19NO5S. The first-order chi connectivity index (χ1) is 9.40. The third-order valence-electron chi connectivity index (χ3n) is 2.58. The van der Waals surface area contributed by atoms with Gasteiger partial charge in [-0.2, -0.15) is 8.42 Å². The van der Waals surface area contributed by atoms with E-state index in [4.69, 9.17) is 9.29 Å². The van der Waals surface area contributed by atoms with E-state index in [-0.39, 0.29) is 6.61 Å². The highest BCUT2D eigenvalue weighted by molar-refractivity contribution is 7.85. The van der Waals surface area contributed by atoms with Crippen molar-refractivity contribution in [3.05, 3.63) is 35.9 Å². The fourth-order valence-electron chi connectivity index (χ4n) is 1.73. The zero-order chi connectivity index (χ0) is 15.0. The third-order valence-corrected chi connectivity index (χ3v) is 3.41. The molecule has 112 valence electrons. The standard InChI is InChI=1S/C13H19NO5S/c1-2-6-12(10-20(16,17)18)14-13(15)19-9-11-7-4-3-5-8-11/h3-5,7-8,12H,2,6,9-10H2,1H3,(H,14,15)(H,16,17,18). The zero-order valence-corrected chi connectivity index (χ0v) is 12.1. The maximum absolute atomic E-state index is 11.6. The molecule has 0 aliphatic rings. The molecule has 0 aromatic heterocycles. The normalized spacial score (nSPS) is 12.7. The van der Waals surface area contributed by atoms with Crippen LogP contribution in [0.4, 0.5) is 4.79 Å². The molecule has 1 unspecified atom stereocenters. The molecule has 20 heavy (non-hydrogen) atoms. The number of ether oxygens (including phenoxy) is 1. The van der Waals surface area contributed by atoms with Gasteiger partial charge in [0.15, 0.2) is 0 Å². The highest BCUT2D eigenvalue weighted by Gasteiger charge is 2.18. The molecule has 1 aromatic carbocycles. The molecule has 0 heterocycles. The summed E-state index contributed by atoms with van der Waals surface area (Å²) in [4.78, 5) is 11.6. The first-order valence-electron chi connectivity index (χ1n) is 6.33. The molecule has 2 N–H and O–H groups in total. The summed E-state index contributed by atoms with van der Waals surface area (Å²) >= 11 is 0. The van der Waals surface area contributed by atoms with Gasteiger partial charge in [0.05, 0.1) is 5.75 Å². The van der Waals surface area contributed by atoms with Crippen LogP contribution >= 0.6 is 0 Å². The Morgan fingerprint density at radius 2 is 2.00 bits per heavy atom. The average Bonchev–Trinajstić information content (AvgIpc) is 2.36. The number of hydrogen-bond acceptors (Lipinski definition) is 4. The molecule has 7 heteroatoms. The van der Waals surface area contributed by atoms with Crippen molar-refractivity contribution in [2.24, 2.45) is 0 Å². The quantitative estimate of drug-likeness (QED) is 0.751. The summed E-state index contributed by atoms with van der Waals surface area (Å²) < 4.78 is 35.5. The van der Waals surface area contributed by atoms with Gasteiger partial charge in [0.25, 0.3) is 10.1 Å². The van der Waals surface area contributed by atoms with Crippen LogP contribution in [0.3, 0.4) is 0 Å². The maximum Gasteiger partial charge on any atom is 0.407 e. The topological polar surface area (TPSA) is 92.7 Å². The van der Waals surface area contributed by atoms with E-state index in [2.05, 4.69) is 5.32 Å². The van der Waals surface area contributed by atoms with Crippen LogP contribution in [-0.4, -0.2) is 30.9 Å². The van der Waals surface area contributed by atoms with Crippen LogP contribution in [0.5, 0.6) is 0 Å². The molecule has 0 spiro atoms. The van der Waals surface area contributed by atoms with E-state index in [1.807, 2.05) is 37.3 Å². The minimum atomic E-state index is -4.13.